The Hall–Kier alpha value is -1.55. The summed E-state index contributed by atoms with van der Waals surface area (Å²) in [5, 5.41) is 2.85. The summed E-state index contributed by atoms with van der Waals surface area (Å²) in [5.74, 6) is -0.262. The summed E-state index contributed by atoms with van der Waals surface area (Å²) < 4.78 is 42.3. The van der Waals surface area contributed by atoms with Gasteiger partial charge in [0.25, 0.3) is 10.2 Å². The number of anilines is 1. The molecule has 1 aromatic heterocycles. The minimum atomic E-state index is -3.37. The average Bonchev–Trinajstić information content (AvgIpc) is 3.06. The molecule has 0 aliphatic carbocycles. The summed E-state index contributed by atoms with van der Waals surface area (Å²) in [5.41, 5.74) is 1.70. The van der Waals surface area contributed by atoms with Gasteiger partial charge in [0.15, 0.2) is 5.13 Å². The van der Waals surface area contributed by atoms with Crippen LogP contribution in [0.25, 0.3) is 11.3 Å². The number of piperidine rings is 1. The van der Waals surface area contributed by atoms with Crippen molar-refractivity contribution in [1.29, 1.82) is 0 Å². The van der Waals surface area contributed by atoms with E-state index in [4.69, 9.17) is 4.98 Å². The summed E-state index contributed by atoms with van der Waals surface area (Å²) in [6, 6.07) is 6.32. The minimum absolute atomic E-state index is 0.262. The highest BCUT2D eigenvalue weighted by Gasteiger charge is 2.32. The maximum atomic E-state index is 13.1. The van der Waals surface area contributed by atoms with Gasteiger partial charge in [-0.3, -0.25) is 0 Å². The molecule has 3 heterocycles. The second-order valence-electron chi connectivity index (χ2n) is 7.23. The Labute approximate surface area is 169 Å². The third kappa shape index (κ3) is 4.22. The van der Waals surface area contributed by atoms with Crippen molar-refractivity contribution >= 4 is 26.7 Å². The van der Waals surface area contributed by atoms with E-state index in [1.165, 1.54) is 12.1 Å². The zero-order chi connectivity index (χ0) is 19.6. The summed E-state index contributed by atoms with van der Waals surface area (Å²) in [6.45, 7) is 3.70. The smallest absolute Gasteiger partial charge is 0.282 e. The van der Waals surface area contributed by atoms with Crippen molar-refractivity contribution < 1.29 is 12.8 Å². The molecule has 1 aromatic carbocycles. The fraction of sp³-hybridized carbons (Fsp3) is 0.526. The fourth-order valence-electron chi connectivity index (χ4n) is 3.74. The van der Waals surface area contributed by atoms with Crippen molar-refractivity contribution in [2.45, 2.75) is 25.7 Å². The van der Waals surface area contributed by atoms with Gasteiger partial charge >= 0.3 is 0 Å². The Morgan fingerprint density at radius 1 is 0.857 bits per heavy atom. The van der Waals surface area contributed by atoms with Crippen LogP contribution in [0.2, 0.25) is 0 Å². The fourth-order valence-corrected chi connectivity index (χ4v) is 6.34. The molecule has 0 spiro atoms. The van der Waals surface area contributed by atoms with Gasteiger partial charge in [0.1, 0.15) is 5.82 Å². The van der Waals surface area contributed by atoms with E-state index >= 15 is 0 Å². The highest BCUT2D eigenvalue weighted by atomic mass is 32.2. The molecule has 2 saturated heterocycles. The van der Waals surface area contributed by atoms with Crippen LogP contribution in [0.3, 0.4) is 0 Å². The van der Waals surface area contributed by atoms with E-state index in [2.05, 4.69) is 4.90 Å². The second kappa shape index (κ2) is 8.44. The SMILES string of the molecule is O=S(=O)(N1CCCCC1)N1CCCN(c2nc(-c3ccc(F)cc3)cs2)CC1. The number of benzene rings is 1. The van der Waals surface area contributed by atoms with Crippen molar-refractivity contribution in [1.82, 2.24) is 13.6 Å². The number of hydrogen-bond acceptors (Lipinski definition) is 5. The Balaban J connectivity index is 1.43. The molecule has 2 aliphatic heterocycles. The van der Waals surface area contributed by atoms with Gasteiger partial charge < -0.3 is 4.90 Å². The van der Waals surface area contributed by atoms with Gasteiger partial charge in [-0.25, -0.2) is 9.37 Å². The molecule has 152 valence electrons. The Bertz CT molecular complexity index is 895. The van der Waals surface area contributed by atoms with Gasteiger partial charge in [0, 0.05) is 50.2 Å². The quantitative estimate of drug-likeness (QED) is 0.756. The lowest BCUT2D eigenvalue weighted by atomic mass is 10.2. The van der Waals surface area contributed by atoms with Crippen molar-refractivity contribution in [2.24, 2.45) is 0 Å². The monoisotopic (exact) mass is 424 g/mol. The zero-order valence-electron chi connectivity index (χ0n) is 15.8. The van der Waals surface area contributed by atoms with Gasteiger partial charge in [-0.05, 0) is 43.5 Å². The largest absolute Gasteiger partial charge is 0.347 e. The maximum Gasteiger partial charge on any atom is 0.282 e. The predicted octanol–water partition coefficient (Wildman–Crippen LogP) is 3.19. The molecular formula is C19H25FN4O2S2. The summed E-state index contributed by atoms with van der Waals surface area (Å²) in [6.07, 6.45) is 3.79. The van der Waals surface area contributed by atoms with E-state index in [1.807, 2.05) is 5.38 Å². The molecule has 0 radical (unpaired) electrons. The highest BCUT2D eigenvalue weighted by molar-refractivity contribution is 7.86. The van der Waals surface area contributed by atoms with Crippen molar-refractivity contribution in [3.63, 3.8) is 0 Å². The van der Waals surface area contributed by atoms with Crippen LogP contribution in [-0.4, -0.2) is 61.3 Å². The number of aromatic nitrogens is 1. The van der Waals surface area contributed by atoms with Crippen LogP contribution in [0.5, 0.6) is 0 Å². The topological polar surface area (TPSA) is 56.8 Å². The Morgan fingerprint density at radius 2 is 1.54 bits per heavy atom. The van der Waals surface area contributed by atoms with Gasteiger partial charge in [0.05, 0.1) is 5.69 Å². The van der Waals surface area contributed by atoms with Gasteiger partial charge in [-0.15, -0.1) is 11.3 Å². The molecular weight excluding hydrogens is 399 g/mol. The molecule has 2 aromatic rings. The lowest BCUT2D eigenvalue weighted by Gasteiger charge is -2.31. The first-order valence-electron chi connectivity index (χ1n) is 9.76. The molecule has 28 heavy (non-hydrogen) atoms. The van der Waals surface area contributed by atoms with E-state index in [1.54, 1.807) is 32.1 Å². The van der Waals surface area contributed by atoms with Crippen LogP contribution in [0.1, 0.15) is 25.7 Å². The van der Waals surface area contributed by atoms with Crippen LogP contribution < -0.4 is 4.90 Å². The number of nitrogens with zero attached hydrogens (tertiary/aromatic N) is 4. The average molecular weight is 425 g/mol. The standard InChI is InChI=1S/C19H25FN4O2S2/c20-17-7-5-16(6-8-17)18-15-27-19(21-18)22-9-4-12-24(14-13-22)28(25,26)23-10-2-1-3-11-23/h5-8,15H,1-4,9-14H2. The van der Waals surface area contributed by atoms with Crippen LogP contribution in [0.15, 0.2) is 29.6 Å². The lowest BCUT2D eigenvalue weighted by Crippen LogP contribution is -2.47. The third-order valence-corrected chi connectivity index (χ3v) is 8.26. The molecule has 4 rings (SSSR count). The molecule has 0 N–H and O–H groups in total. The van der Waals surface area contributed by atoms with E-state index in [9.17, 15) is 12.8 Å². The van der Waals surface area contributed by atoms with Crippen LogP contribution in [-0.2, 0) is 10.2 Å². The first kappa shape index (κ1) is 19.8. The van der Waals surface area contributed by atoms with E-state index in [0.29, 0.717) is 32.7 Å². The van der Waals surface area contributed by atoms with Crippen LogP contribution in [0, 0.1) is 5.82 Å². The number of rotatable bonds is 4. The molecule has 0 saturated carbocycles. The minimum Gasteiger partial charge on any atom is -0.347 e. The zero-order valence-corrected chi connectivity index (χ0v) is 17.4. The summed E-state index contributed by atoms with van der Waals surface area (Å²) in [4.78, 5) is 6.85. The van der Waals surface area contributed by atoms with Gasteiger partial charge in [-0.2, -0.15) is 17.0 Å². The third-order valence-electron chi connectivity index (χ3n) is 5.33. The Kier molecular flexibility index (Phi) is 5.96. The van der Waals surface area contributed by atoms with Crippen LogP contribution >= 0.6 is 11.3 Å². The van der Waals surface area contributed by atoms with E-state index in [-0.39, 0.29) is 5.82 Å². The van der Waals surface area contributed by atoms with Gasteiger partial charge in [0.2, 0.25) is 0 Å². The van der Waals surface area contributed by atoms with E-state index in [0.717, 1.165) is 48.6 Å². The van der Waals surface area contributed by atoms with Crippen molar-refractivity contribution in [2.75, 3.05) is 44.2 Å². The number of thiazole rings is 1. The van der Waals surface area contributed by atoms with Crippen molar-refractivity contribution in [3.05, 3.63) is 35.5 Å². The number of hydrogen-bond donors (Lipinski definition) is 0. The van der Waals surface area contributed by atoms with Gasteiger partial charge in [-0.1, -0.05) is 6.42 Å². The molecule has 2 aliphatic rings. The molecule has 0 atom stereocenters. The van der Waals surface area contributed by atoms with E-state index < -0.39 is 10.2 Å². The molecule has 6 nitrogen and oxygen atoms in total. The Morgan fingerprint density at radius 3 is 2.29 bits per heavy atom. The van der Waals surface area contributed by atoms with Crippen LogP contribution in [0.4, 0.5) is 9.52 Å². The lowest BCUT2D eigenvalue weighted by molar-refractivity contribution is 0.307. The number of halogens is 1. The summed E-state index contributed by atoms with van der Waals surface area (Å²) in [7, 11) is -3.37. The molecule has 2 fully saturated rings. The molecule has 0 unspecified atom stereocenters. The molecule has 0 amide bonds. The first-order valence-corrected chi connectivity index (χ1v) is 12.0. The highest BCUT2D eigenvalue weighted by Crippen LogP contribution is 2.28. The van der Waals surface area contributed by atoms with Crippen molar-refractivity contribution in [3.8, 4) is 11.3 Å². The normalized spacial score (nSPS) is 20.2. The summed E-state index contributed by atoms with van der Waals surface area (Å²) >= 11 is 1.54. The first-order chi connectivity index (χ1) is 13.5. The molecule has 9 heteroatoms. The predicted molar refractivity (Wildman–Crippen MR) is 110 cm³/mol. The molecule has 0 bridgehead atoms. The maximum absolute atomic E-state index is 13.1. The second-order valence-corrected chi connectivity index (χ2v) is 9.99.